The highest BCUT2D eigenvalue weighted by Gasteiger charge is 2.20. The third kappa shape index (κ3) is 2.15. The molecule has 0 saturated heterocycles. The molecule has 0 bridgehead atoms. The molecule has 0 fully saturated rings. The zero-order valence-electron chi connectivity index (χ0n) is 7.94. The molecule has 1 amide bonds. The number of rotatable bonds is 1. The maximum Gasteiger partial charge on any atom is 0.356 e. The molecule has 0 unspecified atom stereocenters. The van der Waals surface area contributed by atoms with E-state index in [0.717, 1.165) is 5.56 Å². The van der Waals surface area contributed by atoms with Crippen LogP contribution in [-0.4, -0.2) is 24.0 Å². The summed E-state index contributed by atoms with van der Waals surface area (Å²) in [6.07, 6.45) is 1.84. The Morgan fingerprint density at radius 3 is 3.00 bits per heavy atom. The molecule has 1 N–H and O–H groups in total. The first kappa shape index (κ1) is 11.6. The van der Waals surface area contributed by atoms with Crippen molar-refractivity contribution < 1.29 is 14.3 Å². The van der Waals surface area contributed by atoms with Gasteiger partial charge in [-0.25, -0.2) is 9.78 Å². The quantitative estimate of drug-likeness (QED) is 0.773. The summed E-state index contributed by atoms with van der Waals surface area (Å²) in [7, 11) is 1.29. The molecule has 1 aliphatic rings. The number of ether oxygens (including phenoxy) is 1. The topological polar surface area (TPSA) is 68.3 Å². The smallest absolute Gasteiger partial charge is 0.356 e. The molecule has 1 aliphatic heterocycles. The lowest BCUT2D eigenvalue weighted by molar-refractivity contribution is -0.115. The number of nitrogens with one attached hydrogen (secondary N) is 1. The minimum atomic E-state index is -0.506. The number of hydrogen-bond donors (Lipinski definition) is 1. The molecule has 0 saturated carbocycles. The van der Waals surface area contributed by atoms with Crippen molar-refractivity contribution in [1.82, 2.24) is 4.98 Å². The number of amides is 1. The van der Waals surface area contributed by atoms with Crippen LogP contribution in [0.15, 0.2) is 12.3 Å². The molecule has 0 spiro atoms. The van der Waals surface area contributed by atoms with Gasteiger partial charge in [0.05, 0.1) is 13.5 Å². The van der Waals surface area contributed by atoms with Gasteiger partial charge in [-0.2, -0.15) is 0 Å². The van der Waals surface area contributed by atoms with Crippen molar-refractivity contribution in [3.05, 3.63) is 23.5 Å². The second kappa shape index (κ2) is 4.39. The molecular weight excluding hydrogens is 264 g/mol. The van der Waals surface area contributed by atoms with E-state index in [4.69, 9.17) is 0 Å². The van der Waals surface area contributed by atoms with Crippen molar-refractivity contribution in [2.24, 2.45) is 0 Å². The van der Waals surface area contributed by atoms with Crippen LogP contribution in [0.1, 0.15) is 16.1 Å². The van der Waals surface area contributed by atoms with Gasteiger partial charge >= 0.3 is 5.97 Å². The van der Waals surface area contributed by atoms with Crippen molar-refractivity contribution in [3.63, 3.8) is 0 Å². The fraction of sp³-hybridized carbons (Fsp3) is 0.222. The summed E-state index contributed by atoms with van der Waals surface area (Å²) in [6, 6.07) is 1.52. The summed E-state index contributed by atoms with van der Waals surface area (Å²) in [5.41, 5.74) is 1.65. The van der Waals surface area contributed by atoms with Gasteiger partial charge in [0.15, 0.2) is 0 Å². The monoisotopic (exact) mass is 272 g/mol. The number of anilines is 1. The van der Waals surface area contributed by atoms with Gasteiger partial charge in [0.2, 0.25) is 5.91 Å². The lowest BCUT2D eigenvalue weighted by Gasteiger charge is -2.00. The number of aromatic nitrogens is 1. The van der Waals surface area contributed by atoms with Gasteiger partial charge in [0.25, 0.3) is 0 Å². The molecule has 1 aromatic heterocycles. The summed E-state index contributed by atoms with van der Waals surface area (Å²) in [6.45, 7) is 0. The van der Waals surface area contributed by atoms with E-state index >= 15 is 0 Å². The first-order valence-electron chi connectivity index (χ1n) is 4.08. The van der Waals surface area contributed by atoms with Crippen LogP contribution in [0, 0.1) is 0 Å². The molecule has 80 valence electrons. The minimum absolute atomic E-state index is 0. The highest BCUT2D eigenvalue weighted by Crippen LogP contribution is 2.22. The van der Waals surface area contributed by atoms with Crippen LogP contribution in [-0.2, 0) is 16.0 Å². The van der Waals surface area contributed by atoms with Crippen molar-refractivity contribution in [1.29, 1.82) is 0 Å². The Morgan fingerprint density at radius 1 is 1.60 bits per heavy atom. The SMILES string of the molecule is Br.COC(=O)c1cc2c(cn1)CC(=O)N2. The van der Waals surface area contributed by atoms with E-state index in [1.807, 2.05) is 0 Å². The summed E-state index contributed by atoms with van der Waals surface area (Å²) in [4.78, 5) is 26.0. The molecule has 2 heterocycles. The first-order valence-corrected chi connectivity index (χ1v) is 4.08. The van der Waals surface area contributed by atoms with E-state index in [2.05, 4.69) is 15.0 Å². The second-order valence-electron chi connectivity index (χ2n) is 2.94. The third-order valence-electron chi connectivity index (χ3n) is 2.01. The van der Waals surface area contributed by atoms with Crippen LogP contribution in [0.25, 0.3) is 0 Å². The van der Waals surface area contributed by atoms with Gasteiger partial charge in [-0.05, 0) is 6.07 Å². The van der Waals surface area contributed by atoms with E-state index in [1.165, 1.54) is 19.4 Å². The number of carbonyl (C=O) groups excluding carboxylic acids is 2. The molecule has 15 heavy (non-hydrogen) atoms. The summed E-state index contributed by atoms with van der Waals surface area (Å²) >= 11 is 0. The Hall–Kier alpha value is -1.43. The van der Waals surface area contributed by atoms with Crippen molar-refractivity contribution >= 4 is 34.5 Å². The molecule has 2 rings (SSSR count). The van der Waals surface area contributed by atoms with E-state index in [1.54, 1.807) is 0 Å². The van der Waals surface area contributed by atoms with Crippen LogP contribution in [0.3, 0.4) is 0 Å². The predicted molar refractivity (Wildman–Crippen MR) is 58.2 cm³/mol. The average Bonchev–Trinajstić information content (AvgIpc) is 2.55. The zero-order valence-corrected chi connectivity index (χ0v) is 9.66. The number of halogens is 1. The average molecular weight is 273 g/mol. The van der Waals surface area contributed by atoms with Crippen molar-refractivity contribution in [2.45, 2.75) is 6.42 Å². The van der Waals surface area contributed by atoms with Crippen LogP contribution in [0.4, 0.5) is 5.69 Å². The maximum atomic E-state index is 11.1. The fourth-order valence-corrected chi connectivity index (χ4v) is 1.32. The normalized spacial score (nSPS) is 12.5. The van der Waals surface area contributed by atoms with Crippen molar-refractivity contribution in [2.75, 3.05) is 12.4 Å². The van der Waals surface area contributed by atoms with Gasteiger partial charge < -0.3 is 10.1 Å². The van der Waals surface area contributed by atoms with Crippen LogP contribution < -0.4 is 5.32 Å². The fourth-order valence-electron chi connectivity index (χ4n) is 1.32. The molecule has 0 radical (unpaired) electrons. The summed E-state index contributed by atoms with van der Waals surface area (Å²) in [5.74, 6) is -0.585. The Balaban J connectivity index is 0.00000112. The number of fused-ring (bicyclic) bond motifs is 1. The largest absolute Gasteiger partial charge is 0.464 e. The van der Waals surface area contributed by atoms with Crippen LogP contribution in [0.2, 0.25) is 0 Å². The van der Waals surface area contributed by atoms with E-state index in [-0.39, 0.29) is 28.6 Å². The molecule has 5 nitrogen and oxygen atoms in total. The zero-order chi connectivity index (χ0) is 10.1. The number of nitrogens with zero attached hydrogens (tertiary/aromatic N) is 1. The lowest BCUT2D eigenvalue weighted by Crippen LogP contribution is -2.05. The minimum Gasteiger partial charge on any atom is -0.464 e. The number of carbonyl (C=O) groups is 2. The van der Waals surface area contributed by atoms with Gasteiger partial charge in [0, 0.05) is 17.4 Å². The summed E-state index contributed by atoms with van der Waals surface area (Å²) in [5, 5.41) is 2.63. The van der Waals surface area contributed by atoms with Gasteiger partial charge in [-0.1, -0.05) is 0 Å². The maximum absolute atomic E-state index is 11.1. The third-order valence-corrected chi connectivity index (χ3v) is 2.01. The molecule has 1 aromatic rings. The highest BCUT2D eigenvalue weighted by molar-refractivity contribution is 8.93. The number of esters is 1. The van der Waals surface area contributed by atoms with Gasteiger partial charge in [0.1, 0.15) is 5.69 Å². The van der Waals surface area contributed by atoms with Crippen molar-refractivity contribution in [3.8, 4) is 0 Å². The lowest BCUT2D eigenvalue weighted by atomic mass is 10.2. The highest BCUT2D eigenvalue weighted by atomic mass is 79.9. The molecule has 0 aliphatic carbocycles. The molecule has 0 aromatic carbocycles. The van der Waals surface area contributed by atoms with E-state index in [0.29, 0.717) is 12.1 Å². The Morgan fingerprint density at radius 2 is 2.33 bits per heavy atom. The standard InChI is InChI=1S/C9H8N2O3.BrH/c1-14-9(13)7-3-6-5(4-10-7)2-8(12)11-6;/h3-4H,2H2,1H3,(H,11,12);1H. The van der Waals surface area contributed by atoms with E-state index < -0.39 is 5.97 Å². The Kier molecular flexibility index (Phi) is 3.41. The summed E-state index contributed by atoms with van der Waals surface area (Å²) < 4.78 is 4.51. The van der Waals surface area contributed by atoms with Gasteiger partial charge in [-0.15, -0.1) is 17.0 Å². The number of hydrogen-bond acceptors (Lipinski definition) is 4. The molecular formula is C9H9BrN2O3. The number of pyridine rings is 1. The van der Waals surface area contributed by atoms with E-state index in [9.17, 15) is 9.59 Å². The molecule has 0 atom stereocenters. The predicted octanol–water partition coefficient (Wildman–Crippen LogP) is 0.941. The van der Waals surface area contributed by atoms with Crippen LogP contribution in [0.5, 0.6) is 0 Å². The molecule has 6 heteroatoms. The Bertz CT molecular complexity index is 420. The van der Waals surface area contributed by atoms with Gasteiger partial charge in [-0.3, -0.25) is 4.79 Å². The van der Waals surface area contributed by atoms with Crippen LogP contribution >= 0.6 is 17.0 Å². The second-order valence-corrected chi connectivity index (χ2v) is 2.94. The first-order chi connectivity index (χ1) is 6.70. The Labute approximate surface area is 96.6 Å². The number of methoxy groups -OCH3 is 1.